The molecule has 0 aliphatic rings. The first-order valence-electron chi connectivity index (χ1n) is 7.26. The maximum absolute atomic E-state index is 12.0. The van der Waals surface area contributed by atoms with Crippen molar-refractivity contribution in [3.05, 3.63) is 75.0 Å². The number of aromatic nitrogens is 1. The minimum absolute atomic E-state index is 0.0460. The molecule has 1 N–H and O–H groups in total. The Kier molecular flexibility index (Phi) is 5.20. The summed E-state index contributed by atoms with van der Waals surface area (Å²) in [4.78, 5) is 16.6. The molecule has 2 aromatic carbocycles. The van der Waals surface area contributed by atoms with E-state index in [4.69, 9.17) is 0 Å². The number of halogens is 1. The average molecular weight is 387 g/mol. The summed E-state index contributed by atoms with van der Waals surface area (Å²) in [5, 5.41) is 6.00. The summed E-state index contributed by atoms with van der Waals surface area (Å²) in [6.45, 7) is 0.584. The molecule has 3 nitrogen and oxygen atoms in total. The van der Waals surface area contributed by atoms with Gasteiger partial charge in [0, 0.05) is 33.9 Å². The molecule has 116 valence electrons. The van der Waals surface area contributed by atoms with E-state index in [1.165, 1.54) is 0 Å². The molecule has 1 amide bonds. The van der Waals surface area contributed by atoms with Crippen LogP contribution in [0.5, 0.6) is 0 Å². The van der Waals surface area contributed by atoms with E-state index in [1.807, 2.05) is 54.6 Å². The molecule has 0 unspecified atom stereocenters. The van der Waals surface area contributed by atoms with Crippen LogP contribution in [0, 0.1) is 0 Å². The van der Waals surface area contributed by atoms with Crippen LogP contribution in [0.15, 0.2) is 64.5 Å². The predicted molar refractivity (Wildman–Crippen MR) is 97.7 cm³/mol. The summed E-state index contributed by atoms with van der Waals surface area (Å²) in [6.07, 6.45) is 0.736. The van der Waals surface area contributed by atoms with Gasteiger partial charge in [-0.05, 0) is 24.3 Å². The Morgan fingerprint density at radius 2 is 1.83 bits per heavy atom. The van der Waals surface area contributed by atoms with Crippen molar-refractivity contribution in [1.82, 2.24) is 10.3 Å². The Balaban J connectivity index is 1.55. The molecule has 1 heterocycles. The minimum Gasteiger partial charge on any atom is -0.352 e. The number of nitrogens with one attached hydrogen (secondary N) is 1. The van der Waals surface area contributed by atoms with Crippen LogP contribution in [0.25, 0.3) is 11.3 Å². The molecule has 0 atom stereocenters. The van der Waals surface area contributed by atoms with Crippen LogP contribution >= 0.6 is 27.3 Å². The highest BCUT2D eigenvalue weighted by molar-refractivity contribution is 9.10. The monoisotopic (exact) mass is 386 g/mol. The molecule has 3 rings (SSSR count). The zero-order chi connectivity index (χ0) is 16.1. The second kappa shape index (κ2) is 7.53. The van der Waals surface area contributed by atoms with Gasteiger partial charge in [0.05, 0.1) is 10.7 Å². The molecule has 0 aliphatic heterocycles. The van der Waals surface area contributed by atoms with Gasteiger partial charge in [-0.3, -0.25) is 4.79 Å². The van der Waals surface area contributed by atoms with Gasteiger partial charge >= 0.3 is 0 Å². The molecular weight excluding hydrogens is 372 g/mol. The van der Waals surface area contributed by atoms with Crippen LogP contribution in [0.3, 0.4) is 0 Å². The summed E-state index contributed by atoms with van der Waals surface area (Å²) in [7, 11) is 0. The number of nitrogens with zero attached hydrogens (tertiary/aromatic N) is 1. The van der Waals surface area contributed by atoms with Crippen LogP contribution in [0.1, 0.15) is 15.4 Å². The number of benzene rings is 2. The van der Waals surface area contributed by atoms with Crippen LogP contribution in [-0.2, 0) is 6.42 Å². The first-order valence-corrected chi connectivity index (χ1v) is 8.93. The van der Waals surface area contributed by atoms with Gasteiger partial charge in [-0.25, -0.2) is 4.98 Å². The van der Waals surface area contributed by atoms with Crippen molar-refractivity contribution in [1.29, 1.82) is 0 Å². The molecule has 0 bridgehead atoms. The first kappa shape index (κ1) is 15.9. The van der Waals surface area contributed by atoms with Gasteiger partial charge in [0.2, 0.25) is 0 Å². The lowest BCUT2D eigenvalue weighted by Crippen LogP contribution is -2.25. The Labute approximate surface area is 147 Å². The summed E-state index contributed by atoms with van der Waals surface area (Å²) in [5.41, 5.74) is 2.76. The third-order valence-electron chi connectivity index (χ3n) is 3.35. The van der Waals surface area contributed by atoms with E-state index in [1.54, 1.807) is 11.3 Å². The number of thiazole rings is 1. The molecular formula is C18H15BrN2OS. The Morgan fingerprint density at radius 1 is 1.09 bits per heavy atom. The van der Waals surface area contributed by atoms with Crippen LogP contribution in [-0.4, -0.2) is 17.4 Å². The fourth-order valence-corrected chi connectivity index (χ4v) is 3.23. The second-order valence-corrected chi connectivity index (χ2v) is 6.86. The van der Waals surface area contributed by atoms with Gasteiger partial charge in [-0.1, -0.05) is 46.3 Å². The van der Waals surface area contributed by atoms with Gasteiger partial charge in [-0.2, -0.15) is 0 Å². The lowest BCUT2D eigenvalue weighted by Gasteiger charge is -2.03. The molecule has 23 heavy (non-hydrogen) atoms. The van der Waals surface area contributed by atoms with Crippen molar-refractivity contribution in [2.45, 2.75) is 6.42 Å². The van der Waals surface area contributed by atoms with E-state index in [-0.39, 0.29) is 5.91 Å². The quantitative estimate of drug-likeness (QED) is 0.698. The molecule has 0 aliphatic carbocycles. The standard InChI is InChI=1S/C18H15BrN2OS/c19-15-8-6-13(7-9-15)16-12-23-17(21-16)10-11-20-18(22)14-4-2-1-3-5-14/h1-9,12H,10-11H2,(H,20,22). The van der Waals surface area contributed by atoms with Crippen molar-refractivity contribution < 1.29 is 4.79 Å². The van der Waals surface area contributed by atoms with Gasteiger partial charge in [0.25, 0.3) is 5.91 Å². The summed E-state index contributed by atoms with van der Waals surface area (Å²) < 4.78 is 1.06. The number of hydrogen-bond acceptors (Lipinski definition) is 3. The lowest BCUT2D eigenvalue weighted by atomic mass is 10.2. The van der Waals surface area contributed by atoms with Crippen LogP contribution < -0.4 is 5.32 Å². The lowest BCUT2D eigenvalue weighted by molar-refractivity contribution is 0.0954. The fraction of sp³-hybridized carbons (Fsp3) is 0.111. The maximum Gasteiger partial charge on any atom is 0.251 e. The van der Waals surface area contributed by atoms with Crippen molar-refractivity contribution in [3.63, 3.8) is 0 Å². The molecule has 0 saturated heterocycles. The van der Waals surface area contributed by atoms with E-state index < -0.39 is 0 Å². The normalized spacial score (nSPS) is 10.5. The van der Waals surface area contributed by atoms with E-state index in [2.05, 4.69) is 31.6 Å². The third kappa shape index (κ3) is 4.27. The number of rotatable bonds is 5. The molecule has 0 fully saturated rings. The van der Waals surface area contributed by atoms with E-state index >= 15 is 0 Å². The molecule has 0 spiro atoms. The summed E-state index contributed by atoms with van der Waals surface area (Å²) in [5.74, 6) is -0.0460. The SMILES string of the molecule is O=C(NCCc1nc(-c2ccc(Br)cc2)cs1)c1ccccc1. The highest BCUT2D eigenvalue weighted by Gasteiger charge is 2.07. The predicted octanol–water partition coefficient (Wildman–Crippen LogP) is 4.55. The first-order chi connectivity index (χ1) is 11.2. The van der Waals surface area contributed by atoms with Gasteiger partial charge in [0.1, 0.15) is 0 Å². The largest absolute Gasteiger partial charge is 0.352 e. The highest BCUT2D eigenvalue weighted by atomic mass is 79.9. The minimum atomic E-state index is -0.0460. The maximum atomic E-state index is 12.0. The second-order valence-electron chi connectivity index (χ2n) is 5.01. The average Bonchev–Trinajstić information content (AvgIpc) is 3.05. The zero-order valence-electron chi connectivity index (χ0n) is 12.3. The summed E-state index contributed by atoms with van der Waals surface area (Å²) in [6, 6.07) is 17.3. The van der Waals surface area contributed by atoms with Crippen molar-refractivity contribution >= 4 is 33.2 Å². The van der Waals surface area contributed by atoms with E-state index in [9.17, 15) is 4.79 Å². The summed E-state index contributed by atoms with van der Waals surface area (Å²) >= 11 is 5.05. The number of hydrogen-bond donors (Lipinski definition) is 1. The topological polar surface area (TPSA) is 42.0 Å². The molecule has 0 saturated carbocycles. The van der Waals surface area contributed by atoms with Gasteiger partial charge in [0.15, 0.2) is 0 Å². The Morgan fingerprint density at radius 3 is 2.57 bits per heavy atom. The van der Waals surface area contributed by atoms with Crippen molar-refractivity contribution in [2.75, 3.05) is 6.54 Å². The fourth-order valence-electron chi connectivity index (χ4n) is 2.15. The van der Waals surface area contributed by atoms with E-state index in [0.717, 1.165) is 27.2 Å². The Hall–Kier alpha value is -1.98. The van der Waals surface area contributed by atoms with Crippen LogP contribution in [0.4, 0.5) is 0 Å². The van der Waals surface area contributed by atoms with Crippen molar-refractivity contribution in [3.8, 4) is 11.3 Å². The van der Waals surface area contributed by atoms with Crippen molar-refractivity contribution in [2.24, 2.45) is 0 Å². The Bertz CT molecular complexity index is 784. The van der Waals surface area contributed by atoms with E-state index in [0.29, 0.717) is 12.1 Å². The van der Waals surface area contributed by atoms with Crippen LogP contribution in [0.2, 0.25) is 0 Å². The smallest absolute Gasteiger partial charge is 0.251 e. The zero-order valence-corrected chi connectivity index (χ0v) is 14.7. The molecule has 1 aromatic heterocycles. The highest BCUT2D eigenvalue weighted by Crippen LogP contribution is 2.23. The number of carbonyl (C=O) groups excluding carboxylic acids is 1. The molecule has 3 aromatic rings. The molecule has 5 heteroatoms. The number of carbonyl (C=O) groups is 1. The van der Waals surface area contributed by atoms with Gasteiger partial charge < -0.3 is 5.32 Å². The van der Waals surface area contributed by atoms with Gasteiger partial charge in [-0.15, -0.1) is 11.3 Å². The number of amides is 1. The third-order valence-corrected chi connectivity index (χ3v) is 4.79. The molecule has 0 radical (unpaired) electrons.